The molecule has 0 spiro atoms. The van der Waals surface area contributed by atoms with Crippen LogP contribution >= 0.6 is 0 Å². The van der Waals surface area contributed by atoms with Crippen LogP contribution in [0.25, 0.3) is 0 Å². The van der Waals surface area contributed by atoms with Gasteiger partial charge in [0, 0.05) is 6.54 Å². The van der Waals surface area contributed by atoms with Crippen molar-refractivity contribution in [2.24, 2.45) is 11.3 Å². The maximum Gasteiger partial charge on any atom is 0.00700 e. The SMILES string of the molecule is C=CC1(C)CC2CCN(CC2)C1. The van der Waals surface area contributed by atoms with Gasteiger partial charge in [0.15, 0.2) is 0 Å². The van der Waals surface area contributed by atoms with E-state index in [2.05, 4.69) is 24.5 Å². The standard InChI is InChI=1S/C11H19N/c1-3-11(2)8-10-4-6-12(9-11)7-5-10/h3,10H,1,4-9H2,2H3. The van der Waals surface area contributed by atoms with Crippen molar-refractivity contribution in [1.29, 1.82) is 0 Å². The molecule has 3 aliphatic rings. The molecular formula is C11H19N. The average molecular weight is 165 g/mol. The third kappa shape index (κ3) is 1.42. The third-order valence-electron chi connectivity index (χ3n) is 3.54. The minimum absolute atomic E-state index is 0.400. The number of fused-ring (bicyclic) bond motifs is 4. The van der Waals surface area contributed by atoms with Crippen molar-refractivity contribution in [2.45, 2.75) is 26.2 Å². The molecule has 0 aromatic rings. The Morgan fingerprint density at radius 2 is 2.08 bits per heavy atom. The fourth-order valence-electron chi connectivity index (χ4n) is 2.73. The van der Waals surface area contributed by atoms with Crippen molar-refractivity contribution in [1.82, 2.24) is 4.90 Å². The number of hydrogen-bond acceptors (Lipinski definition) is 1. The number of piperidine rings is 1. The lowest BCUT2D eigenvalue weighted by Gasteiger charge is -2.28. The van der Waals surface area contributed by atoms with Crippen molar-refractivity contribution in [3.63, 3.8) is 0 Å². The van der Waals surface area contributed by atoms with Crippen molar-refractivity contribution < 1.29 is 0 Å². The van der Waals surface area contributed by atoms with Gasteiger partial charge in [-0.05, 0) is 43.7 Å². The molecule has 1 atom stereocenters. The monoisotopic (exact) mass is 165 g/mol. The molecule has 0 amide bonds. The van der Waals surface area contributed by atoms with Crippen LogP contribution in [0.4, 0.5) is 0 Å². The second-order valence-corrected chi connectivity index (χ2v) is 4.78. The minimum atomic E-state index is 0.400. The molecule has 0 aliphatic carbocycles. The molecule has 3 fully saturated rings. The predicted molar refractivity (Wildman–Crippen MR) is 52.1 cm³/mol. The first-order valence-electron chi connectivity index (χ1n) is 5.08. The number of nitrogens with zero attached hydrogens (tertiary/aromatic N) is 1. The summed E-state index contributed by atoms with van der Waals surface area (Å²) in [7, 11) is 0. The van der Waals surface area contributed by atoms with Crippen LogP contribution < -0.4 is 0 Å². The maximum atomic E-state index is 3.97. The summed E-state index contributed by atoms with van der Waals surface area (Å²) in [6.45, 7) is 10.2. The highest BCUT2D eigenvalue weighted by molar-refractivity contribution is 4.99. The highest BCUT2D eigenvalue weighted by Gasteiger charge is 2.34. The fraction of sp³-hybridized carbons (Fsp3) is 0.818. The molecule has 3 rings (SSSR count). The van der Waals surface area contributed by atoms with E-state index in [4.69, 9.17) is 0 Å². The lowest BCUT2D eigenvalue weighted by molar-refractivity contribution is 0.210. The van der Waals surface area contributed by atoms with Gasteiger partial charge in [0.05, 0.1) is 0 Å². The molecule has 3 aliphatic heterocycles. The van der Waals surface area contributed by atoms with Gasteiger partial charge in [-0.25, -0.2) is 0 Å². The zero-order chi connectivity index (χ0) is 8.60. The van der Waals surface area contributed by atoms with Gasteiger partial charge in [0.1, 0.15) is 0 Å². The van der Waals surface area contributed by atoms with E-state index in [1.807, 2.05) is 0 Å². The Bertz CT molecular complexity index is 163. The minimum Gasteiger partial charge on any atom is -0.302 e. The lowest BCUT2D eigenvalue weighted by atomic mass is 9.81. The van der Waals surface area contributed by atoms with Gasteiger partial charge in [-0.15, -0.1) is 6.58 Å². The first-order valence-corrected chi connectivity index (χ1v) is 5.08. The lowest BCUT2D eigenvalue weighted by Crippen LogP contribution is -2.33. The first-order chi connectivity index (χ1) is 5.72. The summed E-state index contributed by atoms with van der Waals surface area (Å²) in [6.07, 6.45) is 6.38. The van der Waals surface area contributed by atoms with Crippen LogP contribution in [-0.2, 0) is 0 Å². The molecule has 3 heterocycles. The van der Waals surface area contributed by atoms with Crippen molar-refractivity contribution in [3.05, 3.63) is 12.7 Å². The van der Waals surface area contributed by atoms with Gasteiger partial charge in [0.25, 0.3) is 0 Å². The summed E-state index contributed by atoms with van der Waals surface area (Å²) in [5, 5.41) is 0. The van der Waals surface area contributed by atoms with E-state index in [0.29, 0.717) is 5.41 Å². The second kappa shape index (κ2) is 2.88. The zero-order valence-electron chi connectivity index (χ0n) is 8.05. The molecule has 12 heavy (non-hydrogen) atoms. The summed E-state index contributed by atoms with van der Waals surface area (Å²) in [5.74, 6) is 0.978. The summed E-state index contributed by atoms with van der Waals surface area (Å²) >= 11 is 0. The largest absolute Gasteiger partial charge is 0.302 e. The van der Waals surface area contributed by atoms with E-state index in [-0.39, 0.29) is 0 Å². The van der Waals surface area contributed by atoms with E-state index in [9.17, 15) is 0 Å². The van der Waals surface area contributed by atoms with E-state index in [1.54, 1.807) is 0 Å². The summed E-state index contributed by atoms with van der Waals surface area (Å²) < 4.78 is 0. The van der Waals surface area contributed by atoms with Crippen molar-refractivity contribution in [3.8, 4) is 0 Å². The quantitative estimate of drug-likeness (QED) is 0.539. The Morgan fingerprint density at radius 1 is 1.42 bits per heavy atom. The Hall–Kier alpha value is -0.300. The van der Waals surface area contributed by atoms with Gasteiger partial charge >= 0.3 is 0 Å². The molecule has 2 bridgehead atoms. The fourth-order valence-corrected chi connectivity index (χ4v) is 2.73. The first kappa shape index (κ1) is 8.31. The summed E-state index contributed by atoms with van der Waals surface area (Å²) in [4.78, 5) is 2.60. The van der Waals surface area contributed by atoms with E-state index in [1.165, 1.54) is 38.9 Å². The van der Waals surface area contributed by atoms with Crippen LogP contribution in [0.2, 0.25) is 0 Å². The van der Waals surface area contributed by atoms with Crippen LogP contribution in [0.5, 0.6) is 0 Å². The second-order valence-electron chi connectivity index (χ2n) is 4.78. The summed E-state index contributed by atoms with van der Waals surface area (Å²) in [6, 6.07) is 0. The smallest absolute Gasteiger partial charge is 0.00700 e. The highest BCUT2D eigenvalue weighted by atomic mass is 15.1. The van der Waals surface area contributed by atoms with Gasteiger partial charge in [0.2, 0.25) is 0 Å². The molecule has 1 unspecified atom stereocenters. The molecular weight excluding hydrogens is 146 g/mol. The van der Waals surface area contributed by atoms with Crippen LogP contribution in [0.15, 0.2) is 12.7 Å². The Morgan fingerprint density at radius 3 is 2.67 bits per heavy atom. The van der Waals surface area contributed by atoms with Crippen LogP contribution in [0, 0.1) is 11.3 Å². The van der Waals surface area contributed by atoms with Gasteiger partial charge in [-0.1, -0.05) is 13.0 Å². The zero-order valence-corrected chi connectivity index (χ0v) is 8.05. The Kier molecular flexibility index (Phi) is 1.99. The molecule has 0 N–H and O–H groups in total. The average Bonchev–Trinajstić information content (AvgIpc) is 2.32. The van der Waals surface area contributed by atoms with Gasteiger partial charge in [-0.3, -0.25) is 0 Å². The van der Waals surface area contributed by atoms with Gasteiger partial charge in [-0.2, -0.15) is 0 Å². The molecule has 0 aromatic carbocycles. The highest BCUT2D eigenvalue weighted by Crippen LogP contribution is 2.38. The third-order valence-corrected chi connectivity index (χ3v) is 3.54. The molecule has 0 radical (unpaired) electrons. The normalized spacial score (nSPS) is 47.1. The van der Waals surface area contributed by atoms with Crippen molar-refractivity contribution >= 4 is 0 Å². The molecule has 0 aromatic heterocycles. The van der Waals surface area contributed by atoms with Crippen molar-refractivity contribution in [2.75, 3.05) is 19.6 Å². The Labute approximate surface area is 75.4 Å². The predicted octanol–water partition coefficient (Wildman–Crippen LogP) is 2.29. The number of rotatable bonds is 1. The Balaban J connectivity index is 2.16. The molecule has 3 saturated heterocycles. The van der Waals surface area contributed by atoms with Gasteiger partial charge < -0.3 is 4.90 Å². The molecule has 1 nitrogen and oxygen atoms in total. The maximum absolute atomic E-state index is 3.97. The van der Waals surface area contributed by atoms with E-state index in [0.717, 1.165) is 5.92 Å². The number of hydrogen-bond donors (Lipinski definition) is 0. The van der Waals surface area contributed by atoms with Crippen LogP contribution in [0.3, 0.4) is 0 Å². The van der Waals surface area contributed by atoms with Crippen LogP contribution in [0.1, 0.15) is 26.2 Å². The summed E-state index contributed by atoms with van der Waals surface area (Å²) in [5.41, 5.74) is 0.400. The molecule has 1 heteroatoms. The van der Waals surface area contributed by atoms with Crippen LogP contribution in [-0.4, -0.2) is 24.5 Å². The topological polar surface area (TPSA) is 3.24 Å². The van der Waals surface area contributed by atoms with E-state index >= 15 is 0 Å². The molecule has 68 valence electrons. The van der Waals surface area contributed by atoms with E-state index < -0.39 is 0 Å². The molecule has 0 saturated carbocycles.